The molecule has 0 N–H and O–H groups in total. The fourth-order valence-electron chi connectivity index (χ4n) is 6.04. The molecular formula is C31H51NO2Si2. The topological polar surface area (TPSA) is 23.4 Å². The Bertz CT molecular complexity index is 1120. The van der Waals surface area contributed by atoms with E-state index in [1.165, 1.54) is 33.2 Å². The van der Waals surface area contributed by atoms with Crippen LogP contribution in [0.15, 0.2) is 47.7 Å². The average molecular weight is 526 g/mol. The van der Waals surface area contributed by atoms with E-state index in [1.807, 2.05) is 0 Å². The predicted molar refractivity (Wildman–Crippen MR) is 162 cm³/mol. The van der Waals surface area contributed by atoms with Crippen LogP contribution in [0.2, 0.25) is 34.8 Å². The van der Waals surface area contributed by atoms with Crippen LogP contribution in [0, 0.1) is 0 Å². The molecule has 0 radical (unpaired) electrons. The lowest BCUT2D eigenvalue weighted by Gasteiger charge is -2.41. The summed E-state index contributed by atoms with van der Waals surface area (Å²) in [4.78, 5) is 0. The second-order valence-electron chi connectivity index (χ2n) is 13.3. The van der Waals surface area contributed by atoms with Gasteiger partial charge in [0, 0.05) is 11.6 Å². The van der Waals surface area contributed by atoms with E-state index < -0.39 is 16.6 Å². The Labute approximate surface area is 223 Å². The van der Waals surface area contributed by atoms with Gasteiger partial charge in [-0.3, -0.25) is 0 Å². The van der Waals surface area contributed by atoms with E-state index in [9.17, 15) is 0 Å². The highest BCUT2D eigenvalue weighted by molar-refractivity contribution is 6.77. The fraction of sp³-hybridized carbons (Fsp3) is 0.613. The summed E-state index contributed by atoms with van der Waals surface area (Å²) in [6.45, 7) is 30.2. The molecule has 36 heavy (non-hydrogen) atoms. The summed E-state index contributed by atoms with van der Waals surface area (Å²) < 4.78 is 16.5. The van der Waals surface area contributed by atoms with Crippen LogP contribution in [-0.2, 0) is 10.8 Å². The van der Waals surface area contributed by atoms with Crippen molar-refractivity contribution in [3.8, 4) is 0 Å². The Hall–Kier alpha value is -1.57. The Balaban J connectivity index is 2.27. The highest BCUT2D eigenvalue weighted by atomic mass is 28.4. The van der Waals surface area contributed by atoms with Gasteiger partial charge in [-0.15, -0.1) is 0 Å². The molecule has 3 nitrogen and oxygen atoms in total. The molecule has 0 spiro atoms. The molecule has 1 unspecified atom stereocenters. The minimum absolute atomic E-state index is 0.0415. The Kier molecular flexibility index (Phi) is 8.30. The van der Waals surface area contributed by atoms with Crippen LogP contribution in [0.1, 0.15) is 93.4 Å². The minimum Gasteiger partial charge on any atom is -0.469 e. The van der Waals surface area contributed by atoms with E-state index >= 15 is 0 Å². The number of benzene rings is 1. The largest absolute Gasteiger partial charge is 0.469 e. The Morgan fingerprint density at radius 2 is 1.58 bits per heavy atom. The van der Waals surface area contributed by atoms with E-state index in [-0.39, 0.29) is 11.1 Å². The lowest BCUT2D eigenvalue weighted by Crippen LogP contribution is -2.54. The standard InChI is InChI=1S/C31H51NO2Si2/c1-14-16-25-19-26-20-32(34-36(21(2)3,22(4)5)23(6)7)28-18-15-17-27(29(26)28)30(24(25)8)33-35(12,13)31(9,10)11/h14-18,20-23,30H,19H2,1-13H3/b16-14+. The fourth-order valence-corrected chi connectivity index (χ4v) is 12.4. The predicted octanol–water partition coefficient (Wildman–Crippen LogP) is 9.76. The maximum Gasteiger partial charge on any atom is 0.292 e. The van der Waals surface area contributed by atoms with E-state index in [4.69, 9.17) is 8.95 Å². The highest BCUT2D eigenvalue weighted by Gasteiger charge is 2.49. The van der Waals surface area contributed by atoms with Crippen LogP contribution in [0.4, 0.5) is 0 Å². The smallest absolute Gasteiger partial charge is 0.292 e. The number of hydrogen-bond acceptors (Lipinski definition) is 2. The molecule has 2 aromatic rings. The zero-order valence-electron chi connectivity index (χ0n) is 25.2. The zero-order valence-corrected chi connectivity index (χ0v) is 27.2. The first-order valence-electron chi connectivity index (χ1n) is 13.9. The van der Waals surface area contributed by atoms with Gasteiger partial charge in [-0.25, -0.2) is 4.73 Å². The van der Waals surface area contributed by atoms with Gasteiger partial charge >= 0.3 is 0 Å². The molecule has 0 bridgehead atoms. The van der Waals surface area contributed by atoms with Gasteiger partial charge in [-0.2, -0.15) is 0 Å². The van der Waals surface area contributed by atoms with E-state index in [0.717, 1.165) is 6.42 Å². The molecule has 1 aliphatic carbocycles. The molecular weight excluding hydrogens is 475 g/mol. The molecule has 0 saturated carbocycles. The summed E-state index contributed by atoms with van der Waals surface area (Å²) in [5.74, 6) is 0. The highest BCUT2D eigenvalue weighted by Crippen LogP contribution is 2.47. The van der Waals surface area contributed by atoms with Crippen LogP contribution in [-0.4, -0.2) is 21.4 Å². The van der Waals surface area contributed by atoms with Crippen LogP contribution < -0.4 is 4.53 Å². The van der Waals surface area contributed by atoms with Gasteiger partial charge in [-0.05, 0) is 83.4 Å². The number of allylic oxidation sites excluding steroid dienone is 3. The SMILES string of the molecule is C/C=C/C1=C(C)C(O[Si](C)(C)C(C)(C)C)c2cccc3c2c(cn3O[Si](C(C)C)(C(C)C)C(C)C)C1. The zero-order chi connectivity index (χ0) is 27.2. The van der Waals surface area contributed by atoms with Crippen molar-refractivity contribution in [3.63, 3.8) is 0 Å². The molecule has 1 aliphatic rings. The van der Waals surface area contributed by atoms with Crippen LogP contribution in [0.3, 0.4) is 0 Å². The molecule has 1 aromatic carbocycles. The van der Waals surface area contributed by atoms with Crippen molar-refractivity contribution < 1.29 is 8.95 Å². The van der Waals surface area contributed by atoms with Gasteiger partial charge in [0.05, 0.1) is 11.6 Å². The van der Waals surface area contributed by atoms with Crippen molar-refractivity contribution in [3.05, 3.63) is 58.8 Å². The van der Waals surface area contributed by atoms with Crippen molar-refractivity contribution in [2.75, 3.05) is 0 Å². The van der Waals surface area contributed by atoms with E-state index in [2.05, 4.69) is 131 Å². The van der Waals surface area contributed by atoms with Crippen molar-refractivity contribution in [2.24, 2.45) is 0 Å². The lowest BCUT2D eigenvalue weighted by atomic mass is 9.98. The summed E-state index contributed by atoms with van der Waals surface area (Å²) in [6.07, 6.45) is 7.59. The van der Waals surface area contributed by atoms with Crippen LogP contribution in [0.5, 0.6) is 0 Å². The van der Waals surface area contributed by atoms with E-state index in [1.54, 1.807) is 0 Å². The average Bonchev–Trinajstić information content (AvgIpc) is 3.05. The Morgan fingerprint density at radius 3 is 2.08 bits per heavy atom. The van der Waals surface area contributed by atoms with Gasteiger partial charge in [0.25, 0.3) is 8.32 Å². The molecule has 0 saturated heterocycles. The molecule has 1 aromatic heterocycles. The second kappa shape index (κ2) is 10.3. The van der Waals surface area contributed by atoms with Gasteiger partial charge in [-0.1, -0.05) is 86.6 Å². The summed E-state index contributed by atoms with van der Waals surface area (Å²) in [7, 11) is -4.12. The molecule has 0 fully saturated rings. The number of hydrogen-bond donors (Lipinski definition) is 0. The maximum atomic E-state index is 7.21. The lowest BCUT2D eigenvalue weighted by molar-refractivity contribution is 0.218. The third-order valence-corrected chi connectivity index (χ3v) is 19.4. The number of aromatic nitrogens is 1. The molecule has 1 heterocycles. The van der Waals surface area contributed by atoms with Crippen molar-refractivity contribution in [1.82, 2.24) is 4.73 Å². The number of rotatable bonds is 8. The first-order chi connectivity index (χ1) is 16.6. The molecule has 5 heteroatoms. The third kappa shape index (κ3) is 4.95. The summed E-state index contributed by atoms with van der Waals surface area (Å²) in [5.41, 5.74) is 8.06. The minimum atomic E-state index is -2.11. The molecule has 1 atom stereocenters. The second-order valence-corrected chi connectivity index (χ2v) is 23.4. The Morgan fingerprint density at radius 1 is 1.00 bits per heavy atom. The monoisotopic (exact) mass is 525 g/mol. The molecule has 3 rings (SSSR count). The first-order valence-corrected chi connectivity index (χ1v) is 19.0. The maximum absolute atomic E-state index is 7.21. The van der Waals surface area contributed by atoms with Gasteiger partial charge < -0.3 is 8.95 Å². The quantitative estimate of drug-likeness (QED) is 0.320. The van der Waals surface area contributed by atoms with E-state index in [0.29, 0.717) is 16.6 Å². The van der Waals surface area contributed by atoms with Crippen LogP contribution >= 0.6 is 0 Å². The summed E-state index contributed by atoms with van der Waals surface area (Å²) in [5, 5.41) is 1.46. The normalized spacial score (nSPS) is 17.8. The van der Waals surface area contributed by atoms with Crippen molar-refractivity contribution >= 4 is 27.5 Å². The third-order valence-electron chi connectivity index (χ3n) is 9.02. The summed E-state index contributed by atoms with van der Waals surface area (Å²) in [6, 6.07) is 6.72. The molecule has 200 valence electrons. The first kappa shape index (κ1) is 29.0. The summed E-state index contributed by atoms with van der Waals surface area (Å²) >= 11 is 0. The van der Waals surface area contributed by atoms with Crippen LogP contribution in [0.25, 0.3) is 10.9 Å². The molecule has 0 amide bonds. The molecule has 0 aliphatic heterocycles. The van der Waals surface area contributed by atoms with Gasteiger partial charge in [0.15, 0.2) is 8.32 Å². The van der Waals surface area contributed by atoms with Crippen molar-refractivity contribution in [2.45, 2.75) is 123 Å². The van der Waals surface area contributed by atoms with Gasteiger partial charge in [0.1, 0.15) is 0 Å². The van der Waals surface area contributed by atoms with Crippen molar-refractivity contribution in [1.29, 1.82) is 0 Å². The number of nitrogens with zero attached hydrogens (tertiary/aromatic N) is 1. The van der Waals surface area contributed by atoms with Gasteiger partial charge in [0.2, 0.25) is 0 Å².